The Hall–Kier alpha value is -1.95. The van der Waals surface area contributed by atoms with Crippen molar-refractivity contribution in [3.8, 4) is 0 Å². The van der Waals surface area contributed by atoms with Gasteiger partial charge in [-0.15, -0.1) is 0 Å². The highest BCUT2D eigenvalue weighted by molar-refractivity contribution is 5.85. The molecule has 0 aromatic heterocycles. The van der Waals surface area contributed by atoms with Crippen LogP contribution in [0.1, 0.15) is 104 Å². The number of nitrogens with zero attached hydrogens (tertiary/aromatic N) is 2. The molecule has 0 radical (unpaired) electrons. The zero-order valence-electron chi connectivity index (χ0n) is 24.6. The summed E-state index contributed by atoms with van der Waals surface area (Å²) in [6.07, 6.45) is 8.17. The standard InChI is InChI=1S/C32H50FN3O2/c1-30(2,3)34-29(38)32(24-10-8-7-9-11-24)17-20-35(21-18-32)28(37)26-16-19-36(31(4,5)6)22-27(26)23-12-14-25(33)15-13-23/h12-15,24,26-27H,7-11,16-22H2,1-6H3,(H,34,38). The van der Waals surface area contributed by atoms with Crippen LogP contribution in [0.5, 0.6) is 0 Å². The molecule has 2 heterocycles. The van der Waals surface area contributed by atoms with Crippen molar-refractivity contribution in [3.05, 3.63) is 35.6 Å². The van der Waals surface area contributed by atoms with Crippen LogP contribution in [0.3, 0.4) is 0 Å². The number of amides is 2. The van der Waals surface area contributed by atoms with Crippen molar-refractivity contribution in [1.82, 2.24) is 15.1 Å². The van der Waals surface area contributed by atoms with E-state index >= 15 is 0 Å². The summed E-state index contributed by atoms with van der Waals surface area (Å²) in [7, 11) is 0. The zero-order valence-corrected chi connectivity index (χ0v) is 24.6. The normalized spacial score (nSPS) is 25.7. The third-order valence-corrected chi connectivity index (χ3v) is 9.47. The molecule has 1 aromatic carbocycles. The van der Waals surface area contributed by atoms with E-state index in [1.807, 2.05) is 17.0 Å². The maximum Gasteiger partial charge on any atom is 0.227 e. The first kappa shape index (κ1) is 29.0. The summed E-state index contributed by atoms with van der Waals surface area (Å²) in [5.74, 6) is 0.463. The Morgan fingerprint density at radius 3 is 2.05 bits per heavy atom. The lowest BCUT2D eigenvalue weighted by molar-refractivity contribution is -0.149. The maximum atomic E-state index is 14.1. The molecule has 38 heavy (non-hydrogen) atoms. The average Bonchev–Trinajstić information content (AvgIpc) is 2.87. The fraction of sp³-hybridized carbons (Fsp3) is 0.750. The number of rotatable bonds is 4. The minimum absolute atomic E-state index is 0.0113. The predicted octanol–water partition coefficient (Wildman–Crippen LogP) is 6.13. The molecule has 2 amide bonds. The number of nitrogens with one attached hydrogen (secondary N) is 1. The van der Waals surface area contributed by atoms with Crippen LogP contribution in [0.2, 0.25) is 0 Å². The summed E-state index contributed by atoms with van der Waals surface area (Å²) < 4.78 is 13.7. The van der Waals surface area contributed by atoms with E-state index in [-0.39, 0.29) is 46.0 Å². The summed E-state index contributed by atoms with van der Waals surface area (Å²) in [6, 6.07) is 6.74. The van der Waals surface area contributed by atoms with Crippen LogP contribution in [-0.2, 0) is 9.59 Å². The van der Waals surface area contributed by atoms with Gasteiger partial charge in [-0.1, -0.05) is 31.4 Å². The van der Waals surface area contributed by atoms with Crippen molar-refractivity contribution < 1.29 is 14.0 Å². The number of hydrogen-bond donors (Lipinski definition) is 1. The molecule has 2 saturated heterocycles. The van der Waals surface area contributed by atoms with Gasteiger partial charge in [0.15, 0.2) is 0 Å². The van der Waals surface area contributed by atoms with Crippen molar-refractivity contribution in [3.63, 3.8) is 0 Å². The molecule has 0 spiro atoms. The molecule has 1 aliphatic carbocycles. The molecule has 2 aliphatic heterocycles. The van der Waals surface area contributed by atoms with Gasteiger partial charge < -0.3 is 10.2 Å². The molecule has 4 rings (SSSR count). The third kappa shape index (κ3) is 6.43. The molecular weight excluding hydrogens is 477 g/mol. The SMILES string of the molecule is CC(C)(C)NC(=O)C1(C2CCCCC2)CCN(C(=O)C2CCN(C(C)(C)C)CC2c2ccc(F)cc2)CC1. The van der Waals surface area contributed by atoms with Gasteiger partial charge in [-0.2, -0.15) is 0 Å². The molecule has 2 atom stereocenters. The van der Waals surface area contributed by atoms with Gasteiger partial charge in [0.2, 0.25) is 11.8 Å². The maximum absolute atomic E-state index is 14.1. The lowest BCUT2D eigenvalue weighted by Crippen LogP contribution is -2.58. The molecule has 3 fully saturated rings. The number of hydrogen-bond acceptors (Lipinski definition) is 3. The largest absolute Gasteiger partial charge is 0.351 e. The molecule has 2 unspecified atom stereocenters. The lowest BCUT2D eigenvalue weighted by Gasteiger charge is -2.49. The van der Waals surface area contributed by atoms with E-state index in [0.29, 0.717) is 19.0 Å². The number of carbonyl (C=O) groups is 2. The first-order valence-electron chi connectivity index (χ1n) is 14.9. The monoisotopic (exact) mass is 527 g/mol. The number of likely N-dealkylation sites (tertiary alicyclic amines) is 2. The first-order chi connectivity index (χ1) is 17.8. The van der Waals surface area contributed by atoms with Crippen LogP contribution < -0.4 is 5.32 Å². The van der Waals surface area contributed by atoms with Gasteiger partial charge in [0, 0.05) is 42.5 Å². The minimum Gasteiger partial charge on any atom is -0.351 e. The van der Waals surface area contributed by atoms with Crippen molar-refractivity contribution in [2.75, 3.05) is 26.2 Å². The summed E-state index contributed by atoms with van der Waals surface area (Å²) in [4.78, 5) is 32.3. The van der Waals surface area contributed by atoms with E-state index in [1.54, 1.807) is 0 Å². The lowest BCUT2D eigenvalue weighted by atomic mass is 9.63. The highest BCUT2D eigenvalue weighted by Gasteiger charge is 2.50. The number of piperidine rings is 2. The van der Waals surface area contributed by atoms with E-state index in [9.17, 15) is 14.0 Å². The van der Waals surface area contributed by atoms with Gasteiger partial charge in [0.1, 0.15) is 5.82 Å². The number of halogens is 1. The molecule has 3 aliphatic rings. The second-order valence-corrected chi connectivity index (χ2v) is 14.2. The molecule has 6 heteroatoms. The Balaban J connectivity index is 1.52. The number of carbonyl (C=O) groups excluding carboxylic acids is 2. The Morgan fingerprint density at radius 2 is 1.50 bits per heavy atom. The quantitative estimate of drug-likeness (QED) is 0.512. The topological polar surface area (TPSA) is 52.7 Å². The van der Waals surface area contributed by atoms with Gasteiger partial charge in [-0.3, -0.25) is 14.5 Å². The Bertz CT molecular complexity index is 964. The zero-order chi connectivity index (χ0) is 27.7. The highest BCUT2D eigenvalue weighted by atomic mass is 19.1. The van der Waals surface area contributed by atoms with Gasteiger partial charge in [0.25, 0.3) is 0 Å². The van der Waals surface area contributed by atoms with Gasteiger partial charge >= 0.3 is 0 Å². The second kappa shape index (κ2) is 11.3. The van der Waals surface area contributed by atoms with Crippen LogP contribution in [0.25, 0.3) is 0 Å². The summed E-state index contributed by atoms with van der Waals surface area (Å²) in [6.45, 7) is 15.8. The van der Waals surface area contributed by atoms with Crippen molar-refractivity contribution >= 4 is 11.8 Å². The van der Waals surface area contributed by atoms with E-state index in [1.165, 1.54) is 31.4 Å². The van der Waals surface area contributed by atoms with E-state index in [4.69, 9.17) is 0 Å². The fourth-order valence-corrected chi connectivity index (χ4v) is 7.21. The van der Waals surface area contributed by atoms with Crippen molar-refractivity contribution in [2.45, 2.75) is 110 Å². The van der Waals surface area contributed by atoms with Gasteiger partial charge in [-0.05, 0) is 104 Å². The fourth-order valence-electron chi connectivity index (χ4n) is 7.21. The first-order valence-corrected chi connectivity index (χ1v) is 14.9. The molecular formula is C32H50FN3O2. The third-order valence-electron chi connectivity index (χ3n) is 9.47. The highest BCUT2D eigenvalue weighted by Crippen LogP contribution is 2.47. The second-order valence-electron chi connectivity index (χ2n) is 14.2. The van der Waals surface area contributed by atoms with Gasteiger partial charge in [0.05, 0.1) is 5.41 Å². The molecule has 1 N–H and O–H groups in total. The van der Waals surface area contributed by atoms with Crippen LogP contribution in [0, 0.1) is 23.1 Å². The Kier molecular flexibility index (Phi) is 8.61. The molecule has 1 saturated carbocycles. The van der Waals surface area contributed by atoms with Crippen LogP contribution in [0.15, 0.2) is 24.3 Å². The summed E-state index contributed by atoms with van der Waals surface area (Å²) in [5.41, 5.74) is 0.403. The van der Waals surface area contributed by atoms with Crippen LogP contribution >= 0.6 is 0 Å². The minimum atomic E-state index is -0.379. The van der Waals surface area contributed by atoms with Gasteiger partial charge in [-0.25, -0.2) is 4.39 Å². The van der Waals surface area contributed by atoms with Crippen molar-refractivity contribution in [2.24, 2.45) is 17.3 Å². The van der Waals surface area contributed by atoms with Crippen LogP contribution in [0.4, 0.5) is 4.39 Å². The molecule has 0 bridgehead atoms. The predicted molar refractivity (Wildman–Crippen MR) is 151 cm³/mol. The van der Waals surface area contributed by atoms with Crippen molar-refractivity contribution in [1.29, 1.82) is 0 Å². The Morgan fingerprint density at radius 1 is 0.895 bits per heavy atom. The summed E-state index contributed by atoms with van der Waals surface area (Å²) in [5, 5.41) is 3.31. The van der Waals surface area contributed by atoms with E-state index in [2.05, 4.69) is 51.8 Å². The van der Waals surface area contributed by atoms with E-state index in [0.717, 1.165) is 50.8 Å². The number of benzene rings is 1. The van der Waals surface area contributed by atoms with Crippen LogP contribution in [-0.4, -0.2) is 58.9 Å². The average molecular weight is 528 g/mol. The molecule has 212 valence electrons. The van der Waals surface area contributed by atoms with E-state index < -0.39 is 0 Å². The Labute approximate surface area is 229 Å². The smallest absolute Gasteiger partial charge is 0.227 e. The molecule has 1 aromatic rings. The summed E-state index contributed by atoms with van der Waals surface area (Å²) >= 11 is 0. The molecule has 5 nitrogen and oxygen atoms in total.